The number of aliphatic hydroxyl groups is 1. The molecule has 0 aromatic rings. The fourth-order valence-electron chi connectivity index (χ4n) is 0.614. The van der Waals surface area contributed by atoms with E-state index in [9.17, 15) is 13.2 Å². The van der Waals surface area contributed by atoms with Crippen molar-refractivity contribution in [2.75, 3.05) is 6.54 Å². The molecule has 0 bridgehead atoms. The molecule has 0 aliphatic carbocycles. The second kappa shape index (κ2) is 5.89. The van der Waals surface area contributed by atoms with Crippen molar-refractivity contribution < 1.29 is 23.1 Å². The number of nitrogens with one attached hydrogen (secondary N) is 2. The van der Waals surface area contributed by atoms with Gasteiger partial charge in [0.05, 0.1) is 12.2 Å². The summed E-state index contributed by atoms with van der Waals surface area (Å²) in [6.07, 6.45) is -2.29. The van der Waals surface area contributed by atoms with Crippen LogP contribution in [0.2, 0.25) is 0 Å². The normalized spacial score (nSPS) is 13.7. The van der Waals surface area contributed by atoms with E-state index in [1.54, 1.807) is 18.6 Å². The van der Waals surface area contributed by atoms with Crippen LogP contribution in [0.25, 0.3) is 0 Å². The van der Waals surface area contributed by atoms with Gasteiger partial charge in [0.1, 0.15) is 0 Å². The first-order valence-corrected chi connectivity index (χ1v) is 5.87. The van der Waals surface area contributed by atoms with Crippen molar-refractivity contribution >= 4 is 16.3 Å². The van der Waals surface area contributed by atoms with Crippen LogP contribution in [0.3, 0.4) is 0 Å². The Morgan fingerprint density at radius 2 is 1.93 bits per heavy atom. The zero-order chi connectivity index (χ0) is 12.1. The molecule has 90 valence electrons. The van der Waals surface area contributed by atoms with Crippen LogP contribution in [-0.4, -0.2) is 38.4 Å². The Balaban J connectivity index is 4.09. The van der Waals surface area contributed by atoms with Gasteiger partial charge in [0.15, 0.2) is 0 Å². The van der Waals surface area contributed by atoms with Crippen molar-refractivity contribution in [3.05, 3.63) is 0 Å². The van der Waals surface area contributed by atoms with Crippen molar-refractivity contribution in [3.63, 3.8) is 0 Å². The van der Waals surface area contributed by atoms with E-state index < -0.39 is 28.5 Å². The molecule has 1 amide bonds. The molecule has 8 heteroatoms. The van der Waals surface area contributed by atoms with E-state index in [0.717, 1.165) is 0 Å². The van der Waals surface area contributed by atoms with Gasteiger partial charge >= 0.3 is 16.3 Å². The van der Waals surface area contributed by atoms with Crippen LogP contribution >= 0.6 is 0 Å². The van der Waals surface area contributed by atoms with Gasteiger partial charge in [0.2, 0.25) is 0 Å². The molecule has 0 aromatic carbocycles. The van der Waals surface area contributed by atoms with E-state index in [1.165, 1.54) is 6.92 Å². The summed E-state index contributed by atoms with van der Waals surface area (Å²) in [5, 5.41) is 8.82. The lowest BCUT2D eigenvalue weighted by Crippen LogP contribution is -2.43. The molecule has 7 nitrogen and oxygen atoms in total. The van der Waals surface area contributed by atoms with Gasteiger partial charge in [-0.1, -0.05) is 0 Å². The molecule has 0 unspecified atom stereocenters. The van der Waals surface area contributed by atoms with Crippen LogP contribution in [0.1, 0.15) is 20.8 Å². The molecule has 3 N–H and O–H groups in total. The summed E-state index contributed by atoms with van der Waals surface area (Å²) in [7, 11) is -3.96. The number of rotatable bonds is 5. The molecule has 0 radical (unpaired) electrons. The standard InChI is InChI=1S/C7H16N2O5S/c1-5(2)14-7(11)9-15(12,13)8-4-6(3)10/h5-6,8,10H,4H2,1-3H3,(H,9,11)/t6-/m1/s1. The van der Waals surface area contributed by atoms with Crippen molar-refractivity contribution in [3.8, 4) is 0 Å². The molecular formula is C7H16N2O5S. The van der Waals surface area contributed by atoms with E-state index >= 15 is 0 Å². The maximum Gasteiger partial charge on any atom is 0.422 e. The highest BCUT2D eigenvalue weighted by Crippen LogP contribution is 1.90. The van der Waals surface area contributed by atoms with E-state index in [0.29, 0.717) is 0 Å². The average molecular weight is 240 g/mol. The highest BCUT2D eigenvalue weighted by Gasteiger charge is 2.16. The predicted molar refractivity (Wildman–Crippen MR) is 53.4 cm³/mol. The lowest BCUT2D eigenvalue weighted by molar-refractivity contribution is 0.121. The summed E-state index contributed by atoms with van der Waals surface area (Å²) in [6.45, 7) is 4.42. The molecule has 0 aliphatic rings. The summed E-state index contributed by atoms with van der Waals surface area (Å²) in [5.41, 5.74) is 0. The molecule has 0 aromatic heterocycles. The molecule has 0 rings (SSSR count). The average Bonchev–Trinajstić information content (AvgIpc) is 1.98. The number of ether oxygens (including phenoxy) is 1. The zero-order valence-corrected chi connectivity index (χ0v) is 9.67. The quantitative estimate of drug-likeness (QED) is 0.591. The zero-order valence-electron chi connectivity index (χ0n) is 8.85. The fourth-order valence-corrected chi connectivity index (χ4v) is 1.41. The van der Waals surface area contributed by atoms with E-state index in [2.05, 4.69) is 4.74 Å². The first kappa shape index (κ1) is 14.1. The van der Waals surface area contributed by atoms with Crippen LogP contribution in [-0.2, 0) is 14.9 Å². The number of hydrogen-bond acceptors (Lipinski definition) is 5. The van der Waals surface area contributed by atoms with Crippen molar-refractivity contribution in [2.45, 2.75) is 33.0 Å². The van der Waals surface area contributed by atoms with Crippen LogP contribution in [0, 0.1) is 0 Å². The number of aliphatic hydroxyl groups excluding tert-OH is 1. The molecule has 0 spiro atoms. The van der Waals surface area contributed by atoms with Crippen LogP contribution in [0.4, 0.5) is 4.79 Å². The van der Waals surface area contributed by atoms with Crippen molar-refractivity contribution in [2.24, 2.45) is 0 Å². The summed E-state index contributed by atoms with van der Waals surface area (Å²) in [5.74, 6) is 0. The van der Waals surface area contributed by atoms with E-state index in [4.69, 9.17) is 5.11 Å². The Labute approximate surface area is 89.0 Å². The molecule has 0 fully saturated rings. The van der Waals surface area contributed by atoms with E-state index in [-0.39, 0.29) is 6.54 Å². The van der Waals surface area contributed by atoms with Gasteiger partial charge in [-0.3, -0.25) is 0 Å². The molecule has 15 heavy (non-hydrogen) atoms. The third kappa shape index (κ3) is 8.16. The maximum atomic E-state index is 11.1. The number of carbonyl (C=O) groups is 1. The first-order chi connectivity index (χ1) is 6.73. The van der Waals surface area contributed by atoms with E-state index in [1.807, 2.05) is 4.72 Å². The number of hydrogen-bond donors (Lipinski definition) is 3. The summed E-state index contributed by atoms with van der Waals surface area (Å²) >= 11 is 0. The summed E-state index contributed by atoms with van der Waals surface area (Å²) in [6, 6.07) is 0. The van der Waals surface area contributed by atoms with Gasteiger partial charge < -0.3 is 9.84 Å². The van der Waals surface area contributed by atoms with Gasteiger partial charge in [-0.2, -0.15) is 13.1 Å². The molecule has 0 heterocycles. The molecule has 0 saturated carbocycles. The number of carbonyl (C=O) groups excluding carboxylic acids is 1. The Morgan fingerprint density at radius 1 is 1.40 bits per heavy atom. The minimum Gasteiger partial charge on any atom is -0.446 e. The topological polar surface area (TPSA) is 105 Å². The minimum absolute atomic E-state index is 0.176. The second-order valence-corrected chi connectivity index (χ2v) is 4.76. The Kier molecular flexibility index (Phi) is 5.55. The third-order valence-electron chi connectivity index (χ3n) is 1.13. The lowest BCUT2D eigenvalue weighted by Gasteiger charge is -2.11. The SMILES string of the molecule is CC(C)OC(=O)NS(=O)(=O)NC[C@@H](C)O. The highest BCUT2D eigenvalue weighted by molar-refractivity contribution is 7.88. The van der Waals surface area contributed by atoms with Crippen LogP contribution in [0.15, 0.2) is 0 Å². The van der Waals surface area contributed by atoms with Gasteiger partial charge in [0, 0.05) is 6.54 Å². The highest BCUT2D eigenvalue weighted by atomic mass is 32.2. The van der Waals surface area contributed by atoms with Gasteiger partial charge in [0.25, 0.3) is 0 Å². The van der Waals surface area contributed by atoms with Gasteiger partial charge in [-0.05, 0) is 20.8 Å². The molecular weight excluding hydrogens is 224 g/mol. The van der Waals surface area contributed by atoms with Crippen molar-refractivity contribution in [1.82, 2.24) is 9.44 Å². The Hall–Kier alpha value is -0.860. The minimum atomic E-state index is -3.96. The largest absolute Gasteiger partial charge is 0.446 e. The molecule has 1 atom stereocenters. The smallest absolute Gasteiger partial charge is 0.422 e. The maximum absolute atomic E-state index is 11.1. The Bertz CT molecular complexity index is 299. The summed E-state index contributed by atoms with van der Waals surface area (Å²) < 4.78 is 30.4. The van der Waals surface area contributed by atoms with Gasteiger partial charge in [-0.25, -0.2) is 9.52 Å². The second-order valence-electron chi connectivity index (χ2n) is 3.26. The van der Waals surface area contributed by atoms with Gasteiger partial charge in [-0.15, -0.1) is 0 Å². The lowest BCUT2D eigenvalue weighted by atomic mass is 10.4. The Morgan fingerprint density at radius 3 is 2.33 bits per heavy atom. The van der Waals surface area contributed by atoms with Crippen LogP contribution in [0.5, 0.6) is 0 Å². The predicted octanol–water partition coefficient (Wildman–Crippen LogP) is -0.664. The summed E-state index contributed by atoms with van der Waals surface area (Å²) in [4.78, 5) is 10.9. The molecule has 0 saturated heterocycles. The molecule has 0 aliphatic heterocycles. The number of amides is 1. The first-order valence-electron chi connectivity index (χ1n) is 4.39. The van der Waals surface area contributed by atoms with Crippen molar-refractivity contribution in [1.29, 1.82) is 0 Å². The third-order valence-corrected chi connectivity index (χ3v) is 2.11. The monoisotopic (exact) mass is 240 g/mol. The van der Waals surface area contributed by atoms with Crippen LogP contribution < -0.4 is 9.44 Å². The fraction of sp³-hybridized carbons (Fsp3) is 0.857.